The van der Waals surface area contributed by atoms with Crippen LogP contribution in [0.2, 0.25) is 5.02 Å². The van der Waals surface area contributed by atoms with Gasteiger partial charge in [-0.3, -0.25) is 0 Å². The summed E-state index contributed by atoms with van der Waals surface area (Å²) in [6.45, 7) is 3.92. The highest BCUT2D eigenvalue weighted by Gasteiger charge is 2.13. The molecule has 0 aliphatic rings. The number of phenolic OH excluding ortho intramolecular Hbond substituents is 1. The zero-order chi connectivity index (χ0) is 14.7. The lowest BCUT2D eigenvalue weighted by Crippen LogP contribution is -2.08. The van der Waals surface area contributed by atoms with Gasteiger partial charge < -0.3 is 15.2 Å². The van der Waals surface area contributed by atoms with Gasteiger partial charge in [-0.15, -0.1) is 0 Å². The monoisotopic (exact) mass is 291 g/mol. The Morgan fingerprint density at radius 3 is 2.60 bits per heavy atom. The molecule has 0 fully saturated rings. The van der Waals surface area contributed by atoms with E-state index < -0.39 is 0 Å². The molecule has 106 valence electrons. The van der Waals surface area contributed by atoms with Gasteiger partial charge in [0.15, 0.2) is 0 Å². The molecule has 2 aromatic rings. The second-order valence-corrected chi connectivity index (χ2v) is 5.21. The molecule has 3 nitrogen and oxygen atoms in total. The predicted molar refractivity (Wildman–Crippen MR) is 82.9 cm³/mol. The number of hydrogen-bond donors (Lipinski definition) is 2. The zero-order valence-corrected chi connectivity index (χ0v) is 12.5. The normalized spacial score (nSPS) is 12.0. The van der Waals surface area contributed by atoms with E-state index in [0.29, 0.717) is 10.8 Å². The van der Waals surface area contributed by atoms with Crippen LogP contribution >= 0.6 is 11.6 Å². The SMILES string of the molecule is COc1ccc(Cl)cc1NC(C)c1ccc(C)cc1O. The number of phenols is 1. The van der Waals surface area contributed by atoms with Crippen LogP contribution in [0.25, 0.3) is 0 Å². The first-order valence-corrected chi connectivity index (χ1v) is 6.78. The number of aryl methyl sites for hydroxylation is 1. The molecule has 4 heteroatoms. The van der Waals surface area contributed by atoms with E-state index >= 15 is 0 Å². The summed E-state index contributed by atoms with van der Waals surface area (Å²) >= 11 is 6.01. The molecule has 2 aromatic carbocycles. The number of hydrogen-bond acceptors (Lipinski definition) is 3. The molecule has 0 heterocycles. The molecular weight excluding hydrogens is 274 g/mol. The van der Waals surface area contributed by atoms with Crippen molar-refractivity contribution in [2.75, 3.05) is 12.4 Å². The minimum atomic E-state index is -0.0667. The fourth-order valence-electron chi connectivity index (χ4n) is 2.12. The molecule has 0 aromatic heterocycles. The van der Waals surface area contributed by atoms with Crippen LogP contribution in [0.4, 0.5) is 5.69 Å². The molecule has 0 saturated carbocycles. The Morgan fingerprint density at radius 2 is 1.95 bits per heavy atom. The molecule has 0 bridgehead atoms. The van der Waals surface area contributed by atoms with Crippen LogP contribution in [0.1, 0.15) is 24.1 Å². The third-order valence-corrected chi connectivity index (χ3v) is 3.42. The van der Waals surface area contributed by atoms with Crippen molar-refractivity contribution in [3.8, 4) is 11.5 Å². The van der Waals surface area contributed by atoms with Gasteiger partial charge in [0, 0.05) is 10.6 Å². The Kier molecular flexibility index (Phi) is 4.40. The molecule has 2 N–H and O–H groups in total. The van der Waals surface area contributed by atoms with Crippen molar-refractivity contribution in [2.45, 2.75) is 19.9 Å². The van der Waals surface area contributed by atoms with Crippen molar-refractivity contribution < 1.29 is 9.84 Å². The van der Waals surface area contributed by atoms with Gasteiger partial charge in [-0.25, -0.2) is 0 Å². The minimum absolute atomic E-state index is 0.0667. The van der Waals surface area contributed by atoms with Gasteiger partial charge in [-0.2, -0.15) is 0 Å². The van der Waals surface area contributed by atoms with Crippen molar-refractivity contribution in [3.63, 3.8) is 0 Å². The van der Waals surface area contributed by atoms with E-state index in [9.17, 15) is 5.11 Å². The first-order chi connectivity index (χ1) is 9.51. The highest BCUT2D eigenvalue weighted by Crippen LogP contribution is 2.33. The molecular formula is C16H18ClNO2. The quantitative estimate of drug-likeness (QED) is 0.869. The van der Waals surface area contributed by atoms with Crippen molar-refractivity contribution in [1.29, 1.82) is 0 Å². The van der Waals surface area contributed by atoms with Gasteiger partial charge in [-0.05, 0) is 43.7 Å². The van der Waals surface area contributed by atoms with Crippen LogP contribution in [0.5, 0.6) is 11.5 Å². The second-order valence-electron chi connectivity index (χ2n) is 4.77. The summed E-state index contributed by atoms with van der Waals surface area (Å²) in [4.78, 5) is 0. The van der Waals surface area contributed by atoms with E-state index in [1.807, 2.05) is 38.1 Å². The van der Waals surface area contributed by atoms with Gasteiger partial charge in [0.05, 0.1) is 18.8 Å². The highest BCUT2D eigenvalue weighted by atomic mass is 35.5. The summed E-state index contributed by atoms with van der Waals surface area (Å²) in [7, 11) is 1.61. The lowest BCUT2D eigenvalue weighted by Gasteiger charge is -2.19. The Hall–Kier alpha value is -1.87. The summed E-state index contributed by atoms with van der Waals surface area (Å²) in [6.07, 6.45) is 0. The van der Waals surface area contributed by atoms with E-state index in [1.54, 1.807) is 19.2 Å². The van der Waals surface area contributed by atoms with Crippen LogP contribution < -0.4 is 10.1 Å². The molecule has 0 aliphatic heterocycles. The number of nitrogens with one attached hydrogen (secondary N) is 1. The summed E-state index contributed by atoms with van der Waals surface area (Å²) in [5, 5.41) is 14.0. The molecule has 0 saturated heterocycles. The third kappa shape index (κ3) is 3.17. The van der Waals surface area contributed by atoms with Crippen LogP contribution in [-0.2, 0) is 0 Å². The molecule has 1 unspecified atom stereocenters. The smallest absolute Gasteiger partial charge is 0.142 e. The first kappa shape index (κ1) is 14.5. The van der Waals surface area contributed by atoms with Crippen molar-refractivity contribution >= 4 is 17.3 Å². The van der Waals surface area contributed by atoms with Crippen LogP contribution in [0.3, 0.4) is 0 Å². The lowest BCUT2D eigenvalue weighted by atomic mass is 10.0. The van der Waals surface area contributed by atoms with Crippen molar-refractivity contribution in [2.24, 2.45) is 0 Å². The average molecular weight is 292 g/mol. The van der Waals surface area contributed by atoms with Gasteiger partial charge >= 0.3 is 0 Å². The molecule has 0 radical (unpaired) electrons. The highest BCUT2D eigenvalue weighted by molar-refractivity contribution is 6.30. The maximum absolute atomic E-state index is 10.0. The Bertz CT molecular complexity index is 613. The van der Waals surface area contributed by atoms with Crippen molar-refractivity contribution in [3.05, 3.63) is 52.5 Å². The van der Waals surface area contributed by atoms with Crippen LogP contribution in [0.15, 0.2) is 36.4 Å². The van der Waals surface area contributed by atoms with Gasteiger partial charge in [0.2, 0.25) is 0 Å². The van der Waals surface area contributed by atoms with E-state index in [4.69, 9.17) is 16.3 Å². The average Bonchev–Trinajstić information content (AvgIpc) is 2.38. The number of aromatic hydroxyl groups is 1. The molecule has 0 aliphatic carbocycles. The number of halogens is 1. The standard InChI is InChI=1S/C16H18ClNO2/c1-10-4-6-13(15(19)8-10)11(2)18-14-9-12(17)5-7-16(14)20-3/h4-9,11,18-19H,1-3H3. The zero-order valence-electron chi connectivity index (χ0n) is 11.8. The number of anilines is 1. The maximum atomic E-state index is 10.0. The molecule has 0 amide bonds. The van der Waals surface area contributed by atoms with E-state index in [-0.39, 0.29) is 11.8 Å². The van der Waals surface area contributed by atoms with E-state index in [1.165, 1.54) is 0 Å². The topological polar surface area (TPSA) is 41.5 Å². The maximum Gasteiger partial charge on any atom is 0.142 e. The lowest BCUT2D eigenvalue weighted by molar-refractivity contribution is 0.416. The molecule has 0 spiro atoms. The molecule has 20 heavy (non-hydrogen) atoms. The fourth-order valence-corrected chi connectivity index (χ4v) is 2.30. The third-order valence-electron chi connectivity index (χ3n) is 3.19. The fraction of sp³-hybridized carbons (Fsp3) is 0.250. The summed E-state index contributed by atoms with van der Waals surface area (Å²) in [5.41, 5.74) is 2.66. The Labute approximate surface area is 124 Å². The van der Waals surface area contributed by atoms with Gasteiger partial charge in [0.25, 0.3) is 0 Å². The number of benzene rings is 2. The predicted octanol–water partition coefficient (Wildman–Crippen LogP) is 4.54. The number of methoxy groups -OCH3 is 1. The van der Waals surface area contributed by atoms with E-state index in [0.717, 1.165) is 16.8 Å². The number of ether oxygens (including phenoxy) is 1. The number of rotatable bonds is 4. The summed E-state index contributed by atoms with van der Waals surface area (Å²) in [5.74, 6) is 0.999. The molecule has 1 atom stereocenters. The largest absolute Gasteiger partial charge is 0.508 e. The Morgan fingerprint density at radius 1 is 1.20 bits per heavy atom. The van der Waals surface area contributed by atoms with Gasteiger partial charge in [-0.1, -0.05) is 23.7 Å². The summed E-state index contributed by atoms with van der Waals surface area (Å²) in [6, 6.07) is 11.0. The summed E-state index contributed by atoms with van der Waals surface area (Å²) < 4.78 is 5.30. The van der Waals surface area contributed by atoms with Crippen molar-refractivity contribution in [1.82, 2.24) is 0 Å². The molecule has 2 rings (SSSR count). The minimum Gasteiger partial charge on any atom is -0.508 e. The van der Waals surface area contributed by atoms with Crippen LogP contribution in [-0.4, -0.2) is 12.2 Å². The van der Waals surface area contributed by atoms with Gasteiger partial charge in [0.1, 0.15) is 11.5 Å². The second kappa shape index (κ2) is 6.06. The van der Waals surface area contributed by atoms with Crippen LogP contribution in [0, 0.1) is 6.92 Å². The Balaban J connectivity index is 2.27. The van der Waals surface area contributed by atoms with E-state index in [2.05, 4.69) is 5.32 Å². The first-order valence-electron chi connectivity index (χ1n) is 6.41.